The molecule has 0 bridgehead atoms. The Bertz CT molecular complexity index is 632. The van der Waals surface area contributed by atoms with Gasteiger partial charge in [0.15, 0.2) is 0 Å². The number of hydrogen-bond acceptors (Lipinski definition) is 5. The molecule has 0 radical (unpaired) electrons. The van der Waals surface area contributed by atoms with Crippen molar-refractivity contribution in [1.29, 1.82) is 0 Å². The van der Waals surface area contributed by atoms with Gasteiger partial charge in [-0.2, -0.15) is 0 Å². The topological polar surface area (TPSA) is 77.2 Å². The molecule has 104 valence electrons. The zero-order chi connectivity index (χ0) is 14.5. The quantitative estimate of drug-likeness (QED) is 0.627. The van der Waals surface area contributed by atoms with Crippen LogP contribution in [0.1, 0.15) is 17.3 Å². The fraction of sp³-hybridized carbons (Fsp3) is 0.143. The number of halogens is 1. The van der Waals surface area contributed by atoms with Gasteiger partial charge < -0.3 is 15.8 Å². The number of esters is 1. The van der Waals surface area contributed by atoms with Crippen LogP contribution in [0.15, 0.2) is 36.5 Å². The third kappa shape index (κ3) is 3.38. The Kier molecular flexibility index (Phi) is 4.78. The minimum absolute atomic E-state index is 0.303. The van der Waals surface area contributed by atoms with Crippen LogP contribution in [0, 0.1) is 3.57 Å². The number of nitrogen functional groups attached to an aromatic ring is 1. The number of hydrogen-bond donors (Lipinski definition) is 2. The molecule has 0 fully saturated rings. The third-order valence-electron chi connectivity index (χ3n) is 2.57. The monoisotopic (exact) mass is 383 g/mol. The highest BCUT2D eigenvalue weighted by Crippen LogP contribution is 2.23. The number of aromatic nitrogens is 1. The molecule has 3 N–H and O–H groups in total. The minimum Gasteiger partial charge on any atom is -0.462 e. The number of para-hydroxylation sites is 1. The van der Waals surface area contributed by atoms with Crippen molar-refractivity contribution in [3.8, 4) is 0 Å². The molecule has 1 aromatic heterocycles. The summed E-state index contributed by atoms with van der Waals surface area (Å²) in [6.45, 7) is 2.06. The maximum Gasteiger partial charge on any atom is 0.340 e. The Morgan fingerprint density at radius 1 is 1.45 bits per heavy atom. The summed E-state index contributed by atoms with van der Waals surface area (Å²) in [7, 11) is 0. The van der Waals surface area contributed by atoms with Crippen molar-refractivity contribution >= 4 is 45.8 Å². The summed E-state index contributed by atoms with van der Waals surface area (Å²) in [5, 5.41) is 3.15. The van der Waals surface area contributed by atoms with Crippen LogP contribution in [0.4, 0.5) is 17.2 Å². The van der Waals surface area contributed by atoms with E-state index in [2.05, 4.69) is 32.9 Å². The van der Waals surface area contributed by atoms with E-state index in [1.807, 2.05) is 24.3 Å². The fourth-order valence-electron chi connectivity index (χ4n) is 1.62. The molecule has 0 saturated carbocycles. The van der Waals surface area contributed by atoms with Crippen LogP contribution in [-0.4, -0.2) is 17.6 Å². The summed E-state index contributed by atoms with van der Waals surface area (Å²) in [4.78, 5) is 15.9. The number of benzene rings is 1. The van der Waals surface area contributed by atoms with Gasteiger partial charge in [0, 0.05) is 3.57 Å². The Hall–Kier alpha value is -1.83. The van der Waals surface area contributed by atoms with Crippen molar-refractivity contribution in [2.24, 2.45) is 0 Å². The molecule has 1 aromatic carbocycles. The van der Waals surface area contributed by atoms with Crippen LogP contribution < -0.4 is 11.1 Å². The highest BCUT2D eigenvalue weighted by molar-refractivity contribution is 14.1. The van der Waals surface area contributed by atoms with Crippen LogP contribution in [0.2, 0.25) is 0 Å². The smallest absolute Gasteiger partial charge is 0.340 e. The Labute approximate surface area is 130 Å². The van der Waals surface area contributed by atoms with Crippen molar-refractivity contribution in [3.05, 3.63) is 45.7 Å². The summed E-state index contributed by atoms with van der Waals surface area (Å²) in [5.41, 5.74) is 7.29. The van der Waals surface area contributed by atoms with E-state index in [4.69, 9.17) is 10.5 Å². The van der Waals surface area contributed by atoms with Crippen LogP contribution >= 0.6 is 22.6 Å². The van der Waals surface area contributed by atoms with Gasteiger partial charge in [0.05, 0.1) is 29.7 Å². The first-order valence-corrected chi connectivity index (χ1v) is 7.14. The second-order valence-electron chi connectivity index (χ2n) is 3.98. The summed E-state index contributed by atoms with van der Waals surface area (Å²) >= 11 is 2.22. The number of rotatable bonds is 4. The van der Waals surface area contributed by atoms with Gasteiger partial charge >= 0.3 is 5.97 Å². The van der Waals surface area contributed by atoms with E-state index in [-0.39, 0.29) is 0 Å². The first-order valence-electron chi connectivity index (χ1n) is 6.06. The lowest BCUT2D eigenvalue weighted by Crippen LogP contribution is -2.09. The maximum atomic E-state index is 11.8. The van der Waals surface area contributed by atoms with Crippen LogP contribution in [-0.2, 0) is 4.74 Å². The molecule has 0 aliphatic heterocycles. The molecule has 0 amide bonds. The van der Waals surface area contributed by atoms with Crippen molar-refractivity contribution in [1.82, 2.24) is 4.98 Å². The molecular formula is C14H14IN3O2. The highest BCUT2D eigenvalue weighted by atomic mass is 127. The second kappa shape index (κ2) is 6.56. The molecule has 1 heterocycles. The highest BCUT2D eigenvalue weighted by Gasteiger charge is 2.12. The molecule has 0 saturated heterocycles. The lowest BCUT2D eigenvalue weighted by molar-refractivity contribution is 0.0527. The van der Waals surface area contributed by atoms with Gasteiger partial charge in [-0.25, -0.2) is 9.78 Å². The van der Waals surface area contributed by atoms with E-state index in [0.717, 1.165) is 9.26 Å². The molecule has 6 heteroatoms. The summed E-state index contributed by atoms with van der Waals surface area (Å²) < 4.78 is 6.02. The fourth-order valence-corrected chi connectivity index (χ4v) is 2.14. The van der Waals surface area contributed by atoms with Crippen molar-refractivity contribution in [3.63, 3.8) is 0 Å². The number of carbonyl (C=O) groups is 1. The molecule has 0 aliphatic rings. The summed E-state index contributed by atoms with van der Waals surface area (Å²) in [6.07, 6.45) is 1.45. The Morgan fingerprint density at radius 3 is 2.90 bits per heavy atom. The number of pyridine rings is 1. The third-order valence-corrected chi connectivity index (χ3v) is 3.51. The predicted molar refractivity (Wildman–Crippen MR) is 87.0 cm³/mol. The molecule has 0 spiro atoms. The van der Waals surface area contributed by atoms with Gasteiger partial charge in [0.25, 0.3) is 0 Å². The van der Waals surface area contributed by atoms with E-state index < -0.39 is 5.97 Å². The van der Waals surface area contributed by atoms with Gasteiger partial charge in [-0.15, -0.1) is 0 Å². The van der Waals surface area contributed by atoms with Gasteiger partial charge in [0.2, 0.25) is 0 Å². The minimum atomic E-state index is -0.446. The van der Waals surface area contributed by atoms with E-state index in [0.29, 0.717) is 23.7 Å². The average Bonchev–Trinajstić information content (AvgIpc) is 2.43. The number of nitrogens with zero attached hydrogens (tertiary/aromatic N) is 1. The Balaban J connectivity index is 2.28. The van der Waals surface area contributed by atoms with E-state index in [9.17, 15) is 4.79 Å². The van der Waals surface area contributed by atoms with E-state index in [1.54, 1.807) is 13.0 Å². The van der Waals surface area contributed by atoms with Crippen LogP contribution in [0.5, 0.6) is 0 Å². The molecule has 0 unspecified atom stereocenters. The van der Waals surface area contributed by atoms with Gasteiger partial charge in [-0.1, -0.05) is 12.1 Å². The molecule has 2 rings (SSSR count). The lowest BCUT2D eigenvalue weighted by Gasteiger charge is -2.10. The molecule has 20 heavy (non-hydrogen) atoms. The van der Waals surface area contributed by atoms with Crippen molar-refractivity contribution in [2.45, 2.75) is 6.92 Å². The number of carbonyl (C=O) groups excluding carboxylic acids is 1. The van der Waals surface area contributed by atoms with Crippen LogP contribution in [0.25, 0.3) is 0 Å². The SMILES string of the molecule is CCOC(=O)c1cc(Nc2ccccc2I)ncc1N. The summed E-state index contributed by atoms with van der Waals surface area (Å²) in [5.74, 6) is 0.101. The Morgan fingerprint density at radius 2 is 2.20 bits per heavy atom. The number of anilines is 3. The number of nitrogens with one attached hydrogen (secondary N) is 1. The van der Waals surface area contributed by atoms with Crippen molar-refractivity contribution in [2.75, 3.05) is 17.7 Å². The molecule has 2 aromatic rings. The lowest BCUT2D eigenvalue weighted by atomic mass is 10.2. The molecule has 5 nitrogen and oxygen atoms in total. The number of nitrogens with two attached hydrogens (primary N) is 1. The first-order chi connectivity index (χ1) is 9.61. The molecule has 0 aliphatic carbocycles. The first kappa shape index (κ1) is 14.6. The van der Waals surface area contributed by atoms with E-state index >= 15 is 0 Å². The van der Waals surface area contributed by atoms with Crippen molar-refractivity contribution < 1.29 is 9.53 Å². The molecule has 0 atom stereocenters. The average molecular weight is 383 g/mol. The predicted octanol–water partition coefficient (Wildman–Crippen LogP) is 3.19. The standard InChI is InChI=1S/C14H14IN3O2/c1-2-20-14(19)9-7-13(17-8-11(9)16)18-12-6-4-3-5-10(12)15/h3-8H,2,16H2,1H3,(H,17,18). The number of ether oxygens (including phenoxy) is 1. The second-order valence-corrected chi connectivity index (χ2v) is 5.14. The summed E-state index contributed by atoms with van der Waals surface area (Å²) in [6, 6.07) is 9.38. The van der Waals surface area contributed by atoms with Gasteiger partial charge in [-0.05, 0) is 47.7 Å². The van der Waals surface area contributed by atoms with Gasteiger partial charge in [0.1, 0.15) is 5.82 Å². The van der Waals surface area contributed by atoms with E-state index in [1.165, 1.54) is 6.20 Å². The largest absolute Gasteiger partial charge is 0.462 e. The zero-order valence-corrected chi connectivity index (χ0v) is 13.0. The maximum absolute atomic E-state index is 11.8. The van der Waals surface area contributed by atoms with Gasteiger partial charge in [-0.3, -0.25) is 0 Å². The normalized spacial score (nSPS) is 10.1. The van der Waals surface area contributed by atoms with Crippen LogP contribution in [0.3, 0.4) is 0 Å². The zero-order valence-electron chi connectivity index (χ0n) is 10.9. The molecular weight excluding hydrogens is 369 g/mol.